The summed E-state index contributed by atoms with van der Waals surface area (Å²) in [5.74, 6) is 3.89. The van der Waals surface area contributed by atoms with Crippen LogP contribution in [-0.4, -0.2) is 35.1 Å². The Hall–Kier alpha value is -0.570. The zero-order chi connectivity index (χ0) is 12.3. The van der Waals surface area contributed by atoms with Gasteiger partial charge in [0.25, 0.3) is 0 Å². The molecule has 0 aromatic carbocycles. The van der Waals surface area contributed by atoms with E-state index >= 15 is 0 Å². The van der Waals surface area contributed by atoms with Crippen LogP contribution in [0, 0.1) is 29.6 Å². The van der Waals surface area contributed by atoms with E-state index < -0.39 is 0 Å². The third-order valence-electron chi connectivity index (χ3n) is 5.99. The van der Waals surface area contributed by atoms with Crippen molar-refractivity contribution in [2.75, 3.05) is 13.1 Å². The lowest BCUT2D eigenvalue weighted by Crippen LogP contribution is -2.51. The van der Waals surface area contributed by atoms with Gasteiger partial charge in [-0.3, -0.25) is 4.79 Å². The fraction of sp³-hybridized carbons (Fsp3) is 0.933. The Morgan fingerprint density at radius 1 is 1.00 bits per heavy atom. The van der Waals surface area contributed by atoms with E-state index in [-0.39, 0.29) is 6.10 Å². The number of aliphatic hydroxyl groups is 1. The van der Waals surface area contributed by atoms with Crippen LogP contribution in [0.3, 0.4) is 0 Å². The second kappa shape index (κ2) is 3.96. The summed E-state index contributed by atoms with van der Waals surface area (Å²) in [7, 11) is 0. The molecule has 4 aliphatic carbocycles. The Bertz CT molecular complexity index is 340. The summed E-state index contributed by atoms with van der Waals surface area (Å²) in [5, 5.41) is 9.61. The molecule has 18 heavy (non-hydrogen) atoms. The molecule has 4 saturated carbocycles. The van der Waals surface area contributed by atoms with Gasteiger partial charge >= 0.3 is 0 Å². The quantitative estimate of drug-likeness (QED) is 0.767. The summed E-state index contributed by atoms with van der Waals surface area (Å²) >= 11 is 0. The number of nitrogens with zero attached hydrogens (tertiary/aromatic N) is 1. The smallest absolute Gasteiger partial charge is 0.226 e. The Balaban J connectivity index is 1.52. The van der Waals surface area contributed by atoms with Gasteiger partial charge in [0, 0.05) is 19.0 Å². The minimum Gasteiger partial charge on any atom is -0.391 e. The van der Waals surface area contributed by atoms with Crippen molar-refractivity contribution in [3.8, 4) is 0 Å². The summed E-state index contributed by atoms with van der Waals surface area (Å²) in [5.41, 5.74) is 0. The lowest BCUT2D eigenvalue weighted by Gasteiger charge is -2.54. The average Bonchev–Trinajstić information content (AvgIpc) is 2.74. The predicted molar refractivity (Wildman–Crippen MR) is 67.7 cm³/mol. The number of hydrogen-bond donors (Lipinski definition) is 1. The largest absolute Gasteiger partial charge is 0.391 e. The third kappa shape index (κ3) is 1.63. The Morgan fingerprint density at radius 3 is 2.11 bits per heavy atom. The summed E-state index contributed by atoms with van der Waals surface area (Å²) in [6.45, 7) is 1.37. The molecule has 0 aromatic rings. The minimum atomic E-state index is -0.272. The van der Waals surface area contributed by atoms with Crippen LogP contribution < -0.4 is 0 Å². The van der Waals surface area contributed by atoms with Gasteiger partial charge in [0.05, 0.1) is 6.10 Å². The highest BCUT2D eigenvalue weighted by Crippen LogP contribution is 2.56. The van der Waals surface area contributed by atoms with Gasteiger partial charge in [-0.25, -0.2) is 0 Å². The van der Waals surface area contributed by atoms with Crippen LogP contribution in [0.25, 0.3) is 0 Å². The first kappa shape index (κ1) is 11.3. The van der Waals surface area contributed by atoms with Gasteiger partial charge in [-0.05, 0) is 62.2 Å². The van der Waals surface area contributed by atoms with Crippen molar-refractivity contribution < 1.29 is 9.90 Å². The molecular formula is C15H23NO2. The van der Waals surface area contributed by atoms with Gasteiger partial charge in [-0.1, -0.05) is 0 Å². The van der Waals surface area contributed by atoms with Gasteiger partial charge in [0.2, 0.25) is 5.91 Å². The molecule has 1 atom stereocenters. The normalized spacial score (nSPS) is 49.9. The van der Waals surface area contributed by atoms with E-state index in [1.54, 1.807) is 0 Å². The van der Waals surface area contributed by atoms with E-state index in [1.165, 1.54) is 32.1 Å². The van der Waals surface area contributed by atoms with Gasteiger partial charge in [0.1, 0.15) is 0 Å². The highest BCUT2D eigenvalue weighted by atomic mass is 16.3. The molecule has 0 radical (unpaired) electrons. The number of likely N-dealkylation sites (tertiary alicyclic amines) is 1. The maximum Gasteiger partial charge on any atom is 0.226 e. The Morgan fingerprint density at radius 2 is 1.61 bits per heavy atom. The number of β-amino-alcohol motifs (C(OH)–C–C–N with tert-alkyl or cyclic N) is 1. The second-order valence-electron chi connectivity index (χ2n) is 7.18. The lowest BCUT2D eigenvalue weighted by molar-refractivity contribution is -0.148. The van der Waals surface area contributed by atoms with Crippen molar-refractivity contribution in [1.29, 1.82) is 0 Å². The van der Waals surface area contributed by atoms with Crippen LogP contribution in [0.1, 0.15) is 38.5 Å². The number of rotatable bonds is 1. The van der Waals surface area contributed by atoms with Crippen LogP contribution in [0.2, 0.25) is 0 Å². The molecule has 5 rings (SSSR count). The topological polar surface area (TPSA) is 40.5 Å². The van der Waals surface area contributed by atoms with Gasteiger partial charge < -0.3 is 10.0 Å². The van der Waals surface area contributed by atoms with Crippen molar-refractivity contribution >= 4 is 5.91 Å². The molecule has 0 spiro atoms. The fourth-order valence-corrected chi connectivity index (χ4v) is 5.48. The van der Waals surface area contributed by atoms with E-state index in [9.17, 15) is 9.90 Å². The highest BCUT2D eigenvalue weighted by molar-refractivity contribution is 5.80. The van der Waals surface area contributed by atoms with Gasteiger partial charge in [-0.15, -0.1) is 0 Å². The maximum atomic E-state index is 12.7. The molecule has 1 aliphatic heterocycles. The molecule has 1 saturated heterocycles. The van der Waals surface area contributed by atoms with E-state index in [4.69, 9.17) is 0 Å². The molecule has 0 unspecified atom stereocenters. The zero-order valence-corrected chi connectivity index (χ0v) is 10.9. The molecule has 5 aliphatic rings. The lowest BCUT2D eigenvalue weighted by atomic mass is 9.51. The molecule has 4 bridgehead atoms. The van der Waals surface area contributed by atoms with Crippen molar-refractivity contribution in [3.63, 3.8) is 0 Å². The summed E-state index contributed by atoms with van der Waals surface area (Å²) in [4.78, 5) is 14.6. The van der Waals surface area contributed by atoms with E-state index in [0.717, 1.165) is 24.8 Å². The number of aliphatic hydroxyl groups excluding tert-OH is 1. The fourth-order valence-electron chi connectivity index (χ4n) is 5.48. The molecule has 1 amide bonds. The van der Waals surface area contributed by atoms with E-state index in [0.29, 0.717) is 30.2 Å². The zero-order valence-electron chi connectivity index (χ0n) is 10.9. The Labute approximate surface area is 109 Å². The molecule has 100 valence electrons. The molecular weight excluding hydrogens is 226 g/mol. The summed E-state index contributed by atoms with van der Waals surface area (Å²) in [6, 6.07) is 0. The molecule has 1 N–H and O–H groups in total. The average molecular weight is 249 g/mol. The van der Waals surface area contributed by atoms with Gasteiger partial charge in [-0.2, -0.15) is 0 Å². The van der Waals surface area contributed by atoms with Gasteiger partial charge in [0.15, 0.2) is 0 Å². The SMILES string of the molecule is O=C(C1C2CC3CC(C2)CC1C3)N1CC[C@H](O)C1. The first-order valence-electron chi connectivity index (χ1n) is 7.67. The van der Waals surface area contributed by atoms with E-state index in [2.05, 4.69) is 0 Å². The molecule has 1 heterocycles. The summed E-state index contributed by atoms with van der Waals surface area (Å²) < 4.78 is 0. The molecule has 0 aromatic heterocycles. The predicted octanol–water partition coefficient (Wildman–Crippen LogP) is 1.65. The minimum absolute atomic E-state index is 0.272. The molecule has 3 nitrogen and oxygen atoms in total. The van der Waals surface area contributed by atoms with Crippen molar-refractivity contribution in [2.24, 2.45) is 29.6 Å². The summed E-state index contributed by atoms with van der Waals surface area (Å²) in [6.07, 6.45) is 7.17. The standard InChI is InChI=1S/C15H23NO2/c17-13-1-2-16(8-13)15(18)14-11-4-9-3-10(6-11)7-12(14)5-9/h9-14,17H,1-8H2/t9?,10?,11?,12?,13-,14?/m0/s1. The van der Waals surface area contributed by atoms with Crippen LogP contribution in [0.15, 0.2) is 0 Å². The second-order valence-corrected chi connectivity index (χ2v) is 7.18. The van der Waals surface area contributed by atoms with Crippen molar-refractivity contribution in [1.82, 2.24) is 4.90 Å². The highest BCUT2D eigenvalue weighted by Gasteiger charge is 2.51. The van der Waals surface area contributed by atoms with Crippen molar-refractivity contribution in [3.05, 3.63) is 0 Å². The number of hydrogen-bond acceptors (Lipinski definition) is 2. The molecule has 3 heteroatoms. The van der Waals surface area contributed by atoms with Crippen LogP contribution in [-0.2, 0) is 4.79 Å². The molecule has 5 fully saturated rings. The Kier molecular flexibility index (Phi) is 2.48. The maximum absolute atomic E-state index is 12.7. The number of carbonyl (C=O) groups excluding carboxylic acids is 1. The number of carbonyl (C=O) groups is 1. The van der Waals surface area contributed by atoms with Crippen LogP contribution >= 0.6 is 0 Å². The number of amides is 1. The third-order valence-corrected chi connectivity index (χ3v) is 5.99. The van der Waals surface area contributed by atoms with E-state index in [1.807, 2.05) is 4.90 Å². The van der Waals surface area contributed by atoms with Crippen LogP contribution in [0.5, 0.6) is 0 Å². The monoisotopic (exact) mass is 249 g/mol. The first-order chi connectivity index (χ1) is 8.70. The van der Waals surface area contributed by atoms with Crippen LogP contribution in [0.4, 0.5) is 0 Å². The van der Waals surface area contributed by atoms with Crippen molar-refractivity contribution in [2.45, 2.75) is 44.6 Å². The first-order valence-corrected chi connectivity index (χ1v) is 7.67.